The van der Waals surface area contributed by atoms with Crippen molar-refractivity contribution in [3.8, 4) is 11.4 Å². The largest absolute Gasteiger partial charge is 0.494 e. The Morgan fingerprint density at radius 3 is 2.95 bits per heavy atom. The number of nitrogens with one attached hydrogen (secondary N) is 1. The van der Waals surface area contributed by atoms with Crippen LogP contribution >= 0.6 is 12.2 Å². The van der Waals surface area contributed by atoms with Crippen LogP contribution in [0, 0.1) is 10.6 Å². The van der Waals surface area contributed by atoms with Crippen LogP contribution in [0.2, 0.25) is 0 Å². The van der Waals surface area contributed by atoms with Crippen LogP contribution in [0.1, 0.15) is 0 Å². The van der Waals surface area contributed by atoms with Crippen LogP contribution < -0.4 is 4.74 Å². The number of nitrogens with zero attached hydrogens (tertiary/aromatic N) is 2. The highest BCUT2D eigenvalue weighted by atomic mass is 32.1. The number of ether oxygens (including phenoxy) is 1. The normalized spacial score (nSPS) is 10.8. The van der Waals surface area contributed by atoms with E-state index >= 15 is 0 Å². The molecule has 0 aliphatic carbocycles. The molecule has 19 heavy (non-hydrogen) atoms. The van der Waals surface area contributed by atoms with Crippen molar-refractivity contribution in [3.63, 3.8) is 0 Å². The fourth-order valence-electron chi connectivity index (χ4n) is 2.01. The average molecular weight is 275 g/mol. The van der Waals surface area contributed by atoms with Gasteiger partial charge in [-0.3, -0.25) is 9.55 Å². The molecule has 0 spiro atoms. The molecule has 3 aromatic rings. The number of methoxy groups -OCH3 is 1. The van der Waals surface area contributed by atoms with E-state index in [0.717, 1.165) is 11.0 Å². The molecule has 96 valence electrons. The average Bonchev–Trinajstić information content (AvgIpc) is 2.74. The molecule has 1 N–H and O–H groups in total. The number of benzene rings is 1. The molecule has 1 aromatic carbocycles. The van der Waals surface area contributed by atoms with Gasteiger partial charge >= 0.3 is 0 Å². The Balaban J connectivity index is 2.27. The molecule has 2 heterocycles. The van der Waals surface area contributed by atoms with Crippen LogP contribution in [0.15, 0.2) is 36.7 Å². The molecule has 0 aliphatic rings. The number of H-pyrrole nitrogens is 1. The quantitative estimate of drug-likeness (QED) is 0.730. The first kappa shape index (κ1) is 11.9. The molecule has 0 saturated carbocycles. The summed E-state index contributed by atoms with van der Waals surface area (Å²) >= 11 is 5.27. The minimum atomic E-state index is -0.426. The fourth-order valence-corrected chi connectivity index (χ4v) is 2.32. The third kappa shape index (κ3) is 1.90. The van der Waals surface area contributed by atoms with Crippen LogP contribution in [-0.4, -0.2) is 21.6 Å². The van der Waals surface area contributed by atoms with Gasteiger partial charge in [-0.2, -0.15) is 0 Å². The van der Waals surface area contributed by atoms with E-state index in [9.17, 15) is 4.39 Å². The third-order valence-corrected chi connectivity index (χ3v) is 3.16. The van der Waals surface area contributed by atoms with Crippen molar-refractivity contribution in [2.75, 3.05) is 7.11 Å². The Morgan fingerprint density at radius 2 is 2.21 bits per heavy atom. The SMILES string of the molecule is COc1ccc(-n2c(=S)[nH]c3cnccc32)cc1F. The van der Waals surface area contributed by atoms with Gasteiger partial charge in [0.05, 0.1) is 30.0 Å². The first-order valence-corrected chi connectivity index (χ1v) is 6.00. The predicted octanol–water partition coefficient (Wildman–Crippen LogP) is 3.23. The maximum absolute atomic E-state index is 13.8. The van der Waals surface area contributed by atoms with E-state index in [2.05, 4.69) is 9.97 Å². The first-order valence-electron chi connectivity index (χ1n) is 5.59. The van der Waals surface area contributed by atoms with Crippen molar-refractivity contribution in [2.24, 2.45) is 0 Å². The number of imidazole rings is 1. The summed E-state index contributed by atoms with van der Waals surface area (Å²) in [5.41, 5.74) is 2.30. The van der Waals surface area contributed by atoms with Gasteiger partial charge in [-0.25, -0.2) is 4.39 Å². The number of aromatic amines is 1. The van der Waals surface area contributed by atoms with E-state index in [1.807, 2.05) is 6.07 Å². The molecule has 0 saturated heterocycles. The van der Waals surface area contributed by atoms with Crippen molar-refractivity contribution in [2.45, 2.75) is 0 Å². The Bertz CT molecular complexity index is 809. The van der Waals surface area contributed by atoms with E-state index in [0.29, 0.717) is 10.5 Å². The van der Waals surface area contributed by atoms with E-state index in [1.165, 1.54) is 13.2 Å². The van der Waals surface area contributed by atoms with Gasteiger partial charge in [-0.1, -0.05) is 0 Å². The highest BCUT2D eigenvalue weighted by Crippen LogP contribution is 2.23. The highest BCUT2D eigenvalue weighted by Gasteiger charge is 2.09. The van der Waals surface area contributed by atoms with Gasteiger partial charge in [0.1, 0.15) is 0 Å². The molecule has 0 bridgehead atoms. The molecular weight excluding hydrogens is 265 g/mol. The summed E-state index contributed by atoms with van der Waals surface area (Å²) in [6.45, 7) is 0. The number of rotatable bonds is 2. The molecule has 0 fully saturated rings. The lowest BCUT2D eigenvalue weighted by atomic mass is 10.2. The molecule has 0 aliphatic heterocycles. The van der Waals surface area contributed by atoms with Crippen molar-refractivity contribution in [1.82, 2.24) is 14.5 Å². The van der Waals surface area contributed by atoms with Crippen LogP contribution in [0.3, 0.4) is 0 Å². The number of aromatic nitrogens is 3. The van der Waals surface area contributed by atoms with E-state index < -0.39 is 5.82 Å². The highest BCUT2D eigenvalue weighted by molar-refractivity contribution is 7.71. The zero-order valence-corrected chi connectivity index (χ0v) is 10.9. The molecular formula is C13H10FN3OS. The standard InChI is InChI=1S/C13H10FN3OS/c1-18-12-3-2-8(6-9(12)14)17-11-4-5-15-7-10(11)16-13(17)19/h2-7H,1H3,(H,16,19). The van der Waals surface area contributed by atoms with Crippen molar-refractivity contribution in [3.05, 3.63) is 47.2 Å². The van der Waals surface area contributed by atoms with Crippen LogP contribution in [0.5, 0.6) is 5.75 Å². The topological polar surface area (TPSA) is 42.8 Å². The van der Waals surface area contributed by atoms with Gasteiger partial charge in [0.15, 0.2) is 16.3 Å². The van der Waals surface area contributed by atoms with Gasteiger partial charge in [0.2, 0.25) is 0 Å². The molecule has 0 amide bonds. The van der Waals surface area contributed by atoms with E-state index in [-0.39, 0.29) is 5.75 Å². The summed E-state index contributed by atoms with van der Waals surface area (Å²) < 4.78 is 20.9. The summed E-state index contributed by atoms with van der Waals surface area (Å²) in [4.78, 5) is 7.06. The molecule has 0 radical (unpaired) electrons. The summed E-state index contributed by atoms with van der Waals surface area (Å²) in [5, 5.41) is 0. The minimum absolute atomic E-state index is 0.205. The molecule has 6 heteroatoms. The Labute approximate surface area is 113 Å². The Morgan fingerprint density at radius 1 is 1.37 bits per heavy atom. The molecule has 3 rings (SSSR count). The fraction of sp³-hybridized carbons (Fsp3) is 0.0769. The number of pyridine rings is 1. The number of fused-ring (bicyclic) bond motifs is 1. The second-order valence-corrected chi connectivity index (χ2v) is 4.36. The lowest BCUT2D eigenvalue weighted by Crippen LogP contribution is -1.96. The second kappa shape index (κ2) is 4.47. The monoisotopic (exact) mass is 275 g/mol. The van der Waals surface area contributed by atoms with Gasteiger partial charge in [0.25, 0.3) is 0 Å². The first-order chi connectivity index (χ1) is 9.20. The molecule has 0 atom stereocenters. The van der Waals surface area contributed by atoms with Gasteiger partial charge in [0, 0.05) is 12.3 Å². The summed E-state index contributed by atoms with van der Waals surface area (Å²) in [7, 11) is 1.43. The Kier molecular flexibility index (Phi) is 2.79. The zero-order chi connectivity index (χ0) is 13.4. The maximum atomic E-state index is 13.8. The lowest BCUT2D eigenvalue weighted by molar-refractivity contribution is 0.386. The van der Waals surface area contributed by atoms with E-state index in [1.54, 1.807) is 29.1 Å². The van der Waals surface area contributed by atoms with Gasteiger partial charge in [-0.05, 0) is 30.4 Å². The smallest absolute Gasteiger partial charge is 0.182 e. The zero-order valence-electron chi connectivity index (χ0n) is 10.1. The van der Waals surface area contributed by atoms with Gasteiger partial charge < -0.3 is 9.72 Å². The number of halogens is 1. The van der Waals surface area contributed by atoms with Crippen LogP contribution in [0.25, 0.3) is 16.7 Å². The lowest BCUT2D eigenvalue weighted by Gasteiger charge is -2.07. The summed E-state index contributed by atoms with van der Waals surface area (Å²) in [6, 6.07) is 6.55. The van der Waals surface area contributed by atoms with Crippen LogP contribution in [-0.2, 0) is 0 Å². The summed E-state index contributed by atoms with van der Waals surface area (Å²) in [5.74, 6) is -0.220. The third-order valence-electron chi connectivity index (χ3n) is 2.88. The van der Waals surface area contributed by atoms with Crippen molar-refractivity contribution < 1.29 is 9.13 Å². The van der Waals surface area contributed by atoms with Crippen molar-refractivity contribution in [1.29, 1.82) is 0 Å². The minimum Gasteiger partial charge on any atom is -0.494 e. The van der Waals surface area contributed by atoms with Crippen LogP contribution in [0.4, 0.5) is 4.39 Å². The second-order valence-electron chi connectivity index (χ2n) is 3.98. The Hall–Kier alpha value is -2.21. The molecule has 4 nitrogen and oxygen atoms in total. The maximum Gasteiger partial charge on any atom is 0.182 e. The summed E-state index contributed by atoms with van der Waals surface area (Å²) in [6.07, 6.45) is 3.35. The van der Waals surface area contributed by atoms with E-state index in [4.69, 9.17) is 17.0 Å². The number of hydrogen-bond acceptors (Lipinski definition) is 3. The van der Waals surface area contributed by atoms with Crippen molar-refractivity contribution >= 4 is 23.3 Å². The predicted molar refractivity (Wildman–Crippen MR) is 72.8 cm³/mol. The molecule has 0 unspecified atom stereocenters. The molecule has 2 aromatic heterocycles. The van der Waals surface area contributed by atoms with Gasteiger partial charge in [-0.15, -0.1) is 0 Å². The number of hydrogen-bond donors (Lipinski definition) is 1.